The Hall–Kier alpha value is -2.26. The van der Waals surface area contributed by atoms with E-state index in [2.05, 4.69) is 15.3 Å². The number of nitrogens with two attached hydrogens (primary N) is 1. The number of carbonyl (C=O) groups is 1. The number of thioether (sulfide) groups is 1. The molecule has 1 aromatic carbocycles. The van der Waals surface area contributed by atoms with Crippen LogP contribution in [-0.2, 0) is 5.54 Å². The topological polar surface area (TPSA) is 80.4 Å². The maximum atomic E-state index is 14.8. The van der Waals surface area contributed by atoms with Gasteiger partial charge in [-0.3, -0.25) is 4.79 Å². The van der Waals surface area contributed by atoms with Crippen molar-refractivity contribution in [2.75, 3.05) is 12.0 Å². The van der Waals surface area contributed by atoms with Crippen LogP contribution in [0.1, 0.15) is 35.5 Å². The van der Waals surface area contributed by atoms with E-state index < -0.39 is 35.7 Å². The molecule has 0 saturated heterocycles. The summed E-state index contributed by atoms with van der Waals surface area (Å²) in [5.74, 6) is -3.59. The zero-order chi connectivity index (χ0) is 22.2. The summed E-state index contributed by atoms with van der Waals surface area (Å²) < 4.78 is 43.5. The van der Waals surface area contributed by atoms with Crippen molar-refractivity contribution < 1.29 is 18.0 Å². The molecule has 30 heavy (non-hydrogen) atoms. The number of halogens is 4. The molecule has 1 aliphatic heterocycles. The third-order valence-electron chi connectivity index (χ3n) is 5.29. The first-order chi connectivity index (χ1) is 14.1. The number of nitrogens with zero attached hydrogens (tertiary/aromatic N) is 2. The van der Waals surface area contributed by atoms with Crippen molar-refractivity contribution in [2.45, 2.75) is 31.6 Å². The number of pyridine rings is 1. The molecule has 0 fully saturated rings. The zero-order valence-electron chi connectivity index (χ0n) is 16.5. The van der Waals surface area contributed by atoms with Gasteiger partial charge in [-0.25, -0.2) is 23.1 Å². The molecule has 3 atom stereocenters. The molecule has 0 bridgehead atoms. The summed E-state index contributed by atoms with van der Waals surface area (Å²) >= 11 is 7.09. The molecule has 10 heteroatoms. The fourth-order valence-electron chi connectivity index (χ4n) is 3.48. The summed E-state index contributed by atoms with van der Waals surface area (Å²) in [4.78, 5) is 20.7. The highest BCUT2D eigenvalue weighted by Gasteiger charge is 2.46. The molecule has 3 N–H and O–H groups in total. The zero-order valence-corrected chi connectivity index (χ0v) is 18.0. The van der Waals surface area contributed by atoms with Crippen molar-refractivity contribution in [1.29, 1.82) is 0 Å². The second-order valence-electron chi connectivity index (χ2n) is 7.21. The van der Waals surface area contributed by atoms with Crippen molar-refractivity contribution >= 4 is 40.1 Å². The smallest absolute Gasteiger partial charge is 0.274 e. The molecule has 2 heterocycles. The summed E-state index contributed by atoms with van der Waals surface area (Å²) in [5, 5.41) is 2.76. The molecule has 0 spiro atoms. The summed E-state index contributed by atoms with van der Waals surface area (Å²) in [5.41, 5.74) is 4.36. The van der Waals surface area contributed by atoms with Gasteiger partial charge in [-0.1, -0.05) is 37.2 Å². The van der Waals surface area contributed by atoms with Gasteiger partial charge in [0.1, 0.15) is 17.9 Å². The number of amidine groups is 1. The van der Waals surface area contributed by atoms with Crippen molar-refractivity contribution in [2.24, 2.45) is 16.6 Å². The number of anilines is 1. The number of carbonyl (C=O) groups excluding carboxylic acids is 1. The van der Waals surface area contributed by atoms with Gasteiger partial charge in [0.25, 0.3) is 5.91 Å². The monoisotopic (exact) mass is 456 g/mol. The quantitative estimate of drug-likeness (QED) is 0.690. The molecular weight excluding hydrogens is 437 g/mol. The Morgan fingerprint density at radius 1 is 1.33 bits per heavy atom. The Morgan fingerprint density at radius 2 is 2.03 bits per heavy atom. The molecule has 0 aliphatic carbocycles. The minimum atomic E-state index is -1.70. The molecule has 3 rings (SSSR count). The van der Waals surface area contributed by atoms with Crippen LogP contribution in [0.3, 0.4) is 0 Å². The van der Waals surface area contributed by atoms with Crippen LogP contribution in [0, 0.1) is 24.5 Å². The van der Waals surface area contributed by atoms with E-state index in [1.54, 1.807) is 19.9 Å². The summed E-state index contributed by atoms with van der Waals surface area (Å²) in [6.07, 6.45) is 1.30. The predicted octanol–water partition coefficient (Wildman–Crippen LogP) is 4.82. The second kappa shape index (κ2) is 8.47. The van der Waals surface area contributed by atoms with Gasteiger partial charge in [0.2, 0.25) is 0 Å². The van der Waals surface area contributed by atoms with E-state index >= 15 is 0 Å². The normalized spacial score (nSPS) is 23.8. The first-order valence-corrected chi connectivity index (χ1v) is 10.4. The first kappa shape index (κ1) is 22.4. The van der Waals surface area contributed by atoms with E-state index in [0.717, 1.165) is 6.07 Å². The number of aromatic nitrogens is 1. The van der Waals surface area contributed by atoms with E-state index in [4.69, 9.17) is 17.3 Å². The number of alkyl halides is 1. The van der Waals surface area contributed by atoms with Gasteiger partial charge in [-0.2, -0.15) is 0 Å². The fourth-order valence-corrected chi connectivity index (χ4v) is 4.72. The molecule has 1 amide bonds. The van der Waals surface area contributed by atoms with E-state index in [9.17, 15) is 18.0 Å². The Labute approximate surface area is 181 Å². The molecule has 5 nitrogen and oxygen atoms in total. The number of amides is 1. The lowest BCUT2D eigenvalue weighted by Crippen LogP contribution is -2.45. The Kier molecular flexibility index (Phi) is 6.33. The number of aliphatic imine (C=N–C) groups is 1. The highest BCUT2D eigenvalue weighted by Crippen LogP contribution is 2.45. The third-order valence-corrected chi connectivity index (χ3v) is 6.61. The lowest BCUT2D eigenvalue weighted by molar-refractivity contribution is 0.102. The van der Waals surface area contributed by atoms with Crippen LogP contribution in [0.5, 0.6) is 0 Å². The Bertz CT molecular complexity index is 1040. The van der Waals surface area contributed by atoms with E-state index in [1.807, 2.05) is 6.92 Å². The Morgan fingerprint density at radius 3 is 2.67 bits per heavy atom. The van der Waals surface area contributed by atoms with E-state index in [-0.39, 0.29) is 27.4 Å². The highest BCUT2D eigenvalue weighted by molar-refractivity contribution is 8.14. The van der Waals surface area contributed by atoms with E-state index in [0.29, 0.717) is 10.6 Å². The van der Waals surface area contributed by atoms with Crippen LogP contribution in [0.4, 0.5) is 18.9 Å². The van der Waals surface area contributed by atoms with Gasteiger partial charge in [0.05, 0.1) is 5.02 Å². The summed E-state index contributed by atoms with van der Waals surface area (Å²) in [7, 11) is 0. The lowest BCUT2D eigenvalue weighted by Gasteiger charge is -2.40. The lowest BCUT2D eigenvalue weighted by atomic mass is 9.78. The van der Waals surface area contributed by atoms with Gasteiger partial charge in [-0.15, -0.1) is 0 Å². The molecule has 1 aromatic heterocycles. The molecular formula is C20H20ClF3N4OS. The minimum Gasteiger partial charge on any atom is -0.379 e. The molecule has 0 radical (unpaired) electrons. The number of aryl methyl sites for hydroxylation is 1. The minimum absolute atomic E-state index is 0.0512. The SMILES string of the molecule is Cc1cc(Cl)cnc1C(=O)Nc1cc(F)c(F)c([C@@]2(CF)N=C(N)SC(C)[C@H]2C)c1. The van der Waals surface area contributed by atoms with Crippen LogP contribution in [0.2, 0.25) is 5.02 Å². The fraction of sp³-hybridized carbons (Fsp3) is 0.350. The summed E-state index contributed by atoms with van der Waals surface area (Å²) in [6, 6.07) is 3.57. The molecule has 0 saturated carbocycles. The standard InChI is InChI=1S/C20H20ClF3N4OS/c1-9-4-12(21)7-26-17(9)18(29)27-13-5-14(16(24)15(23)6-13)20(8-22)10(2)11(3)30-19(25)28-20/h4-7,10-11H,8H2,1-3H3,(H2,25,28)(H,27,29)/t10-,11?,20+/m1/s1. The average molecular weight is 457 g/mol. The number of benzene rings is 1. The van der Waals surface area contributed by atoms with Crippen molar-refractivity contribution in [3.05, 3.63) is 57.9 Å². The molecule has 1 aliphatic rings. The largest absolute Gasteiger partial charge is 0.379 e. The third kappa shape index (κ3) is 4.00. The first-order valence-electron chi connectivity index (χ1n) is 9.10. The average Bonchev–Trinajstić information content (AvgIpc) is 2.67. The van der Waals surface area contributed by atoms with Crippen LogP contribution in [-0.4, -0.2) is 28.0 Å². The van der Waals surface area contributed by atoms with Crippen LogP contribution >= 0.6 is 23.4 Å². The maximum Gasteiger partial charge on any atom is 0.274 e. The van der Waals surface area contributed by atoms with Crippen molar-refractivity contribution in [1.82, 2.24) is 4.98 Å². The van der Waals surface area contributed by atoms with Gasteiger partial charge in [0, 0.05) is 34.7 Å². The summed E-state index contributed by atoms with van der Waals surface area (Å²) in [6.45, 7) is 4.08. The number of hydrogen-bond acceptors (Lipinski definition) is 5. The van der Waals surface area contributed by atoms with Gasteiger partial charge >= 0.3 is 0 Å². The highest BCUT2D eigenvalue weighted by atomic mass is 35.5. The molecule has 2 aromatic rings. The van der Waals surface area contributed by atoms with Gasteiger partial charge < -0.3 is 11.1 Å². The van der Waals surface area contributed by atoms with Crippen LogP contribution in [0.25, 0.3) is 0 Å². The number of hydrogen-bond donors (Lipinski definition) is 2. The number of nitrogens with one attached hydrogen (secondary N) is 1. The van der Waals surface area contributed by atoms with Crippen molar-refractivity contribution in [3.63, 3.8) is 0 Å². The molecule has 160 valence electrons. The Balaban J connectivity index is 2.06. The van der Waals surface area contributed by atoms with Gasteiger partial charge in [-0.05, 0) is 24.6 Å². The van der Waals surface area contributed by atoms with Crippen molar-refractivity contribution in [3.8, 4) is 0 Å². The molecule has 1 unspecified atom stereocenters. The van der Waals surface area contributed by atoms with Crippen LogP contribution in [0.15, 0.2) is 29.4 Å². The van der Waals surface area contributed by atoms with Crippen LogP contribution < -0.4 is 11.1 Å². The van der Waals surface area contributed by atoms with Gasteiger partial charge in [0.15, 0.2) is 16.8 Å². The number of rotatable bonds is 4. The maximum absolute atomic E-state index is 14.8. The predicted molar refractivity (Wildman–Crippen MR) is 114 cm³/mol. The van der Waals surface area contributed by atoms with E-state index in [1.165, 1.54) is 24.0 Å². The second-order valence-corrected chi connectivity index (χ2v) is 9.05.